The summed E-state index contributed by atoms with van der Waals surface area (Å²) < 4.78 is 10.6. The highest BCUT2D eigenvalue weighted by Crippen LogP contribution is 2.49. The predicted molar refractivity (Wildman–Crippen MR) is 156 cm³/mol. The first kappa shape index (κ1) is 28.4. The Morgan fingerprint density at radius 3 is 1.74 bits per heavy atom. The summed E-state index contributed by atoms with van der Waals surface area (Å²) in [5.41, 5.74) is -0.375. The molecule has 6 N–H and O–H groups in total. The molecule has 0 amide bonds. The van der Waals surface area contributed by atoms with Gasteiger partial charge in [0.05, 0.1) is 53.4 Å². The number of nitrogens with one attached hydrogen (secondary N) is 1. The molecule has 43 heavy (non-hydrogen) atoms. The van der Waals surface area contributed by atoms with Crippen molar-refractivity contribution in [3.8, 4) is 45.6 Å². The van der Waals surface area contributed by atoms with Crippen molar-refractivity contribution in [2.45, 2.75) is 0 Å². The molecule has 0 aliphatic carbocycles. The second-order valence-corrected chi connectivity index (χ2v) is 9.37. The van der Waals surface area contributed by atoms with E-state index in [0.29, 0.717) is 10.9 Å². The maximum absolute atomic E-state index is 12.9. The van der Waals surface area contributed by atoms with E-state index in [1.165, 1.54) is 55.2 Å². The summed E-state index contributed by atoms with van der Waals surface area (Å²) in [7, 11) is 2.43. The van der Waals surface area contributed by atoms with Crippen LogP contribution in [0.25, 0.3) is 27.7 Å². The Morgan fingerprint density at radius 2 is 1.16 bits per heavy atom. The zero-order valence-corrected chi connectivity index (χ0v) is 22.7. The van der Waals surface area contributed by atoms with Gasteiger partial charge in [0.1, 0.15) is 28.7 Å². The number of esters is 2. The molecule has 0 aliphatic rings. The van der Waals surface area contributed by atoms with Gasteiger partial charge in [-0.3, -0.25) is 9.36 Å². The van der Waals surface area contributed by atoms with Crippen LogP contribution >= 0.6 is 0 Å². The molecule has 0 radical (unpaired) electrons. The first-order valence-electron chi connectivity index (χ1n) is 12.6. The van der Waals surface area contributed by atoms with Crippen molar-refractivity contribution in [3.05, 3.63) is 94.3 Å². The number of pyridine rings is 1. The number of phenols is 5. The fraction of sp³-hybridized carbons (Fsp3) is 0.0645. The second-order valence-electron chi connectivity index (χ2n) is 9.37. The van der Waals surface area contributed by atoms with Crippen molar-refractivity contribution in [1.82, 2.24) is 4.57 Å². The Kier molecular flexibility index (Phi) is 7.26. The molecule has 0 atom stereocenters. The summed E-state index contributed by atoms with van der Waals surface area (Å²) in [6.07, 6.45) is 0. The van der Waals surface area contributed by atoms with Crippen LogP contribution in [0.4, 0.5) is 11.4 Å². The third-order valence-electron chi connectivity index (χ3n) is 6.70. The van der Waals surface area contributed by atoms with E-state index in [2.05, 4.69) is 10.1 Å². The van der Waals surface area contributed by atoms with Gasteiger partial charge in [0.15, 0.2) is 0 Å². The second kappa shape index (κ2) is 11.0. The van der Waals surface area contributed by atoms with E-state index in [4.69, 9.17) is 4.74 Å². The van der Waals surface area contributed by atoms with Crippen LogP contribution in [0.3, 0.4) is 0 Å². The molecule has 0 saturated heterocycles. The highest BCUT2D eigenvalue weighted by Gasteiger charge is 2.22. The van der Waals surface area contributed by atoms with Crippen LogP contribution in [0.1, 0.15) is 20.7 Å². The number of carbonyl (C=O) groups is 2. The monoisotopic (exact) mass is 584 g/mol. The number of fused-ring (bicyclic) bond motifs is 1. The number of benzene rings is 4. The van der Waals surface area contributed by atoms with E-state index in [-0.39, 0.29) is 45.1 Å². The number of rotatable bonds is 6. The Hall–Kier alpha value is -6.17. The van der Waals surface area contributed by atoms with Crippen molar-refractivity contribution in [2.24, 2.45) is 0 Å². The van der Waals surface area contributed by atoms with Crippen LogP contribution < -0.4 is 10.9 Å². The van der Waals surface area contributed by atoms with E-state index < -0.39 is 40.5 Å². The first-order valence-corrected chi connectivity index (χ1v) is 12.6. The molecule has 12 nitrogen and oxygen atoms in total. The minimum absolute atomic E-state index is 0.0367. The van der Waals surface area contributed by atoms with Crippen LogP contribution in [-0.2, 0) is 9.47 Å². The standard InChI is InChI=1S/C31H24N2O10/c1-42-30(40)16-5-7-22(34)20(9-16)32-18-11-23(35)28(24(36)12-18)29-25(37)13-19(14-26(29)38)33-21-10-17(31(41)43-2)4-3-15(21)6-8-27(33)39/h3-14,32,34-38H,1-2H3. The van der Waals surface area contributed by atoms with E-state index in [1.807, 2.05) is 0 Å². The lowest BCUT2D eigenvalue weighted by Crippen LogP contribution is -2.17. The molecule has 1 aromatic heterocycles. The fourth-order valence-corrected chi connectivity index (χ4v) is 4.70. The number of anilines is 2. The summed E-state index contributed by atoms with van der Waals surface area (Å²) in [5.74, 6) is -3.79. The highest BCUT2D eigenvalue weighted by atomic mass is 16.5. The van der Waals surface area contributed by atoms with Gasteiger partial charge in [-0.2, -0.15) is 0 Å². The number of ether oxygens (including phenoxy) is 2. The molecule has 0 fully saturated rings. The molecular formula is C31H24N2O10. The molecular weight excluding hydrogens is 560 g/mol. The van der Waals surface area contributed by atoms with Gasteiger partial charge in [0.2, 0.25) is 0 Å². The van der Waals surface area contributed by atoms with Crippen LogP contribution in [0.15, 0.2) is 77.6 Å². The third kappa shape index (κ3) is 5.20. The molecule has 218 valence electrons. The van der Waals surface area contributed by atoms with Gasteiger partial charge in [-0.05, 0) is 41.8 Å². The maximum Gasteiger partial charge on any atom is 0.337 e. The lowest BCUT2D eigenvalue weighted by Gasteiger charge is -2.17. The van der Waals surface area contributed by atoms with Crippen molar-refractivity contribution in [1.29, 1.82) is 0 Å². The minimum Gasteiger partial charge on any atom is -0.507 e. The van der Waals surface area contributed by atoms with E-state index in [9.17, 15) is 39.9 Å². The van der Waals surface area contributed by atoms with Gasteiger partial charge in [0.25, 0.3) is 5.56 Å². The Morgan fingerprint density at radius 1 is 0.651 bits per heavy atom. The number of phenolic OH excluding ortho intramolecular Hbond substituents is 5. The third-order valence-corrected chi connectivity index (χ3v) is 6.70. The summed E-state index contributed by atoms with van der Waals surface area (Å²) in [5, 5.41) is 57.1. The van der Waals surface area contributed by atoms with Crippen LogP contribution in [-0.4, -0.2) is 56.3 Å². The van der Waals surface area contributed by atoms with Crippen molar-refractivity contribution in [3.63, 3.8) is 0 Å². The van der Waals surface area contributed by atoms with Crippen LogP contribution in [0, 0.1) is 0 Å². The first-order chi connectivity index (χ1) is 20.5. The number of hydrogen-bond donors (Lipinski definition) is 6. The molecule has 0 unspecified atom stereocenters. The number of carbonyl (C=O) groups excluding carboxylic acids is 2. The Balaban J connectivity index is 1.57. The smallest absolute Gasteiger partial charge is 0.337 e. The van der Waals surface area contributed by atoms with Crippen LogP contribution in [0.2, 0.25) is 0 Å². The molecule has 12 heteroatoms. The summed E-state index contributed by atoms with van der Waals surface area (Å²) >= 11 is 0. The topological polar surface area (TPSA) is 188 Å². The largest absolute Gasteiger partial charge is 0.507 e. The molecule has 4 aromatic carbocycles. The predicted octanol–water partition coefficient (Wildman–Crippen LogP) is 4.50. The average molecular weight is 585 g/mol. The molecule has 5 rings (SSSR count). The zero-order valence-electron chi connectivity index (χ0n) is 22.7. The lowest BCUT2D eigenvalue weighted by atomic mass is 9.99. The van der Waals surface area contributed by atoms with Crippen molar-refractivity contribution >= 4 is 34.2 Å². The SMILES string of the molecule is COC(=O)c1ccc(O)c(Nc2cc(O)c(-c3c(O)cc(-n4c(=O)ccc5ccc(C(=O)OC)cc54)cc3O)c(O)c2)c1. The number of aromatic hydroxyl groups is 5. The van der Waals surface area contributed by atoms with E-state index >= 15 is 0 Å². The van der Waals surface area contributed by atoms with Crippen molar-refractivity contribution < 1.29 is 44.6 Å². The zero-order chi connectivity index (χ0) is 31.0. The summed E-state index contributed by atoms with van der Waals surface area (Å²) in [6, 6.07) is 16.0. The average Bonchev–Trinajstić information content (AvgIpc) is 2.97. The van der Waals surface area contributed by atoms with Gasteiger partial charge in [-0.25, -0.2) is 9.59 Å². The maximum atomic E-state index is 12.9. The number of hydrogen-bond acceptors (Lipinski definition) is 11. The molecule has 5 aromatic rings. The summed E-state index contributed by atoms with van der Waals surface area (Å²) in [4.78, 5) is 36.9. The minimum atomic E-state index is -0.645. The number of aromatic nitrogens is 1. The normalized spacial score (nSPS) is 10.8. The van der Waals surface area contributed by atoms with Gasteiger partial charge < -0.3 is 40.3 Å². The fourth-order valence-electron chi connectivity index (χ4n) is 4.70. The number of nitrogens with zero attached hydrogens (tertiary/aromatic N) is 1. The molecule has 0 bridgehead atoms. The van der Waals surface area contributed by atoms with Gasteiger partial charge in [-0.15, -0.1) is 0 Å². The Bertz CT molecular complexity index is 1950. The number of methoxy groups -OCH3 is 2. The molecule has 0 aliphatic heterocycles. The van der Waals surface area contributed by atoms with Crippen LogP contribution in [0.5, 0.6) is 28.7 Å². The molecule has 0 spiro atoms. The van der Waals surface area contributed by atoms with E-state index in [1.54, 1.807) is 12.1 Å². The quantitative estimate of drug-likeness (QED) is 0.122. The van der Waals surface area contributed by atoms with Crippen molar-refractivity contribution in [2.75, 3.05) is 19.5 Å². The lowest BCUT2D eigenvalue weighted by molar-refractivity contribution is 0.0592. The summed E-state index contributed by atoms with van der Waals surface area (Å²) in [6.45, 7) is 0. The highest BCUT2D eigenvalue weighted by molar-refractivity contribution is 5.95. The van der Waals surface area contributed by atoms with Gasteiger partial charge >= 0.3 is 11.9 Å². The van der Waals surface area contributed by atoms with Gasteiger partial charge in [-0.1, -0.05) is 6.07 Å². The molecule has 0 saturated carbocycles. The Labute approximate surface area is 242 Å². The molecule has 1 heterocycles. The van der Waals surface area contributed by atoms with Gasteiger partial charge in [0, 0.05) is 36.0 Å². The van der Waals surface area contributed by atoms with E-state index in [0.717, 1.165) is 24.3 Å².